The van der Waals surface area contributed by atoms with Gasteiger partial charge in [-0.1, -0.05) is 0 Å². The highest BCUT2D eigenvalue weighted by atomic mass is 19.1. The summed E-state index contributed by atoms with van der Waals surface area (Å²) < 4.78 is 30.5. The van der Waals surface area contributed by atoms with Gasteiger partial charge in [0.25, 0.3) is 0 Å². The van der Waals surface area contributed by atoms with E-state index in [0.29, 0.717) is 24.4 Å². The van der Waals surface area contributed by atoms with Crippen LogP contribution in [0.1, 0.15) is 12.8 Å². The minimum atomic E-state index is -0.550. The Labute approximate surface area is 165 Å². The van der Waals surface area contributed by atoms with Crippen LogP contribution in [0.4, 0.5) is 20.4 Å². The van der Waals surface area contributed by atoms with Gasteiger partial charge in [0.15, 0.2) is 17.5 Å². The number of fused-ring (bicyclic) bond motifs is 1. The third-order valence-corrected chi connectivity index (χ3v) is 5.33. The molecule has 1 atom stereocenters. The van der Waals surface area contributed by atoms with Crippen molar-refractivity contribution in [3.63, 3.8) is 0 Å². The highest BCUT2D eigenvalue weighted by Gasteiger charge is 2.31. The summed E-state index contributed by atoms with van der Waals surface area (Å²) in [6, 6.07) is 2.94. The Hall–Kier alpha value is -2.85. The summed E-state index contributed by atoms with van der Waals surface area (Å²) in [4.78, 5) is 14.7. The van der Waals surface area contributed by atoms with E-state index >= 15 is 4.39 Å². The zero-order chi connectivity index (χ0) is 20.0. The van der Waals surface area contributed by atoms with Gasteiger partial charge in [0.2, 0.25) is 5.82 Å². The molecule has 10 heteroatoms. The predicted molar refractivity (Wildman–Crippen MR) is 104 cm³/mol. The van der Waals surface area contributed by atoms with Crippen LogP contribution in [0.25, 0.3) is 17.2 Å². The number of hydrogen-bond acceptors (Lipinski definition) is 7. The standard InChI is InChI=1S/C19H21F2N7O/c20-11-3-4-15-23-7-14(28(15)8-11)17-25-18(24-12-2-1-5-22-6-12)16(21)19(26-17)27-9-13(29)10-27/h3-4,7-8,12-13,22,29H,1-2,5-6,9-10H2,(H,24,25,26)/t12-/m1/s1. The predicted octanol–water partition coefficient (Wildman–Crippen LogP) is 1.41. The fourth-order valence-corrected chi connectivity index (χ4v) is 3.77. The average molecular weight is 401 g/mol. The van der Waals surface area contributed by atoms with Gasteiger partial charge in [0.1, 0.15) is 17.2 Å². The Morgan fingerprint density at radius 2 is 2.07 bits per heavy atom. The number of pyridine rings is 1. The van der Waals surface area contributed by atoms with Crippen molar-refractivity contribution in [1.29, 1.82) is 0 Å². The molecule has 2 saturated heterocycles. The van der Waals surface area contributed by atoms with Gasteiger partial charge in [-0.2, -0.15) is 4.39 Å². The number of piperidine rings is 1. The lowest BCUT2D eigenvalue weighted by Crippen LogP contribution is -2.51. The van der Waals surface area contributed by atoms with E-state index in [1.807, 2.05) is 0 Å². The molecule has 152 valence electrons. The fraction of sp³-hybridized carbons (Fsp3) is 0.421. The van der Waals surface area contributed by atoms with Gasteiger partial charge >= 0.3 is 0 Å². The van der Waals surface area contributed by atoms with Crippen LogP contribution < -0.4 is 15.5 Å². The molecule has 0 amide bonds. The second kappa shape index (κ2) is 7.20. The van der Waals surface area contributed by atoms with Crippen LogP contribution in [0, 0.1) is 11.6 Å². The van der Waals surface area contributed by atoms with Crippen molar-refractivity contribution in [2.45, 2.75) is 25.0 Å². The second-order valence-electron chi connectivity index (χ2n) is 7.50. The first-order chi connectivity index (χ1) is 14.1. The van der Waals surface area contributed by atoms with Crippen molar-refractivity contribution < 1.29 is 13.9 Å². The molecule has 0 unspecified atom stereocenters. The molecule has 0 bridgehead atoms. The minimum absolute atomic E-state index is 0.0514. The quantitative estimate of drug-likeness (QED) is 0.609. The molecule has 5 rings (SSSR count). The third kappa shape index (κ3) is 3.38. The van der Waals surface area contributed by atoms with E-state index in [9.17, 15) is 9.50 Å². The Morgan fingerprint density at radius 1 is 1.21 bits per heavy atom. The number of aromatic nitrogens is 4. The molecule has 0 aliphatic carbocycles. The summed E-state index contributed by atoms with van der Waals surface area (Å²) in [6.07, 6.45) is 4.24. The number of aliphatic hydroxyl groups is 1. The Balaban J connectivity index is 1.59. The second-order valence-corrected chi connectivity index (χ2v) is 7.50. The number of nitrogens with one attached hydrogen (secondary N) is 2. The molecule has 3 aromatic heterocycles. The number of imidazole rings is 1. The normalized spacial score (nSPS) is 20.1. The van der Waals surface area contributed by atoms with E-state index in [1.54, 1.807) is 21.6 Å². The Bertz CT molecular complexity index is 1040. The molecule has 5 heterocycles. The molecule has 8 nitrogen and oxygen atoms in total. The van der Waals surface area contributed by atoms with Crippen LogP contribution in [0.15, 0.2) is 24.5 Å². The lowest BCUT2D eigenvalue weighted by atomic mass is 10.1. The zero-order valence-electron chi connectivity index (χ0n) is 15.6. The molecule has 2 aliphatic rings. The molecule has 3 N–H and O–H groups in total. The van der Waals surface area contributed by atoms with Crippen LogP contribution in [-0.4, -0.2) is 62.8 Å². The maximum atomic E-state index is 15.2. The van der Waals surface area contributed by atoms with Gasteiger partial charge in [-0.05, 0) is 31.5 Å². The van der Waals surface area contributed by atoms with Crippen molar-refractivity contribution in [3.8, 4) is 11.5 Å². The summed E-state index contributed by atoms with van der Waals surface area (Å²) >= 11 is 0. The van der Waals surface area contributed by atoms with Crippen LogP contribution in [0.2, 0.25) is 0 Å². The smallest absolute Gasteiger partial charge is 0.207 e. The van der Waals surface area contributed by atoms with Gasteiger partial charge in [-0.15, -0.1) is 0 Å². The minimum Gasteiger partial charge on any atom is -0.389 e. The van der Waals surface area contributed by atoms with Crippen molar-refractivity contribution in [2.24, 2.45) is 0 Å². The first kappa shape index (κ1) is 18.2. The number of aliphatic hydroxyl groups excluding tert-OH is 1. The molecule has 0 radical (unpaired) electrons. The lowest BCUT2D eigenvalue weighted by Gasteiger charge is -2.37. The number of halogens is 2. The first-order valence-corrected chi connectivity index (χ1v) is 9.69. The fourth-order valence-electron chi connectivity index (χ4n) is 3.77. The van der Waals surface area contributed by atoms with E-state index in [1.165, 1.54) is 12.3 Å². The summed E-state index contributed by atoms with van der Waals surface area (Å²) in [5.74, 6) is -0.501. The van der Waals surface area contributed by atoms with Crippen molar-refractivity contribution >= 4 is 17.3 Å². The molecular weight excluding hydrogens is 380 g/mol. The molecule has 0 saturated carbocycles. The molecule has 3 aromatic rings. The highest BCUT2D eigenvalue weighted by molar-refractivity contribution is 5.64. The lowest BCUT2D eigenvalue weighted by molar-refractivity contribution is 0.140. The largest absolute Gasteiger partial charge is 0.389 e. The van der Waals surface area contributed by atoms with Crippen LogP contribution in [0.3, 0.4) is 0 Å². The third-order valence-electron chi connectivity index (χ3n) is 5.33. The van der Waals surface area contributed by atoms with E-state index < -0.39 is 17.7 Å². The van der Waals surface area contributed by atoms with Crippen molar-refractivity contribution in [3.05, 3.63) is 36.2 Å². The van der Waals surface area contributed by atoms with Gasteiger partial charge in [0.05, 0.1) is 12.3 Å². The Morgan fingerprint density at radius 3 is 2.83 bits per heavy atom. The number of nitrogens with zero attached hydrogens (tertiary/aromatic N) is 5. The number of anilines is 2. The zero-order valence-corrected chi connectivity index (χ0v) is 15.6. The SMILES string of the molecule is OC1CN(c2nc(-c3cnc4ccc(F)cn34)nc(N[C@@H]3CCCNC3)c2F)C1. The van der Waals surface area contributed by atoms with Crippen molar-refractivity contribution in [2.75, 3.05) is 36.4 Å². The molecule has 2 aliphatic heterocycles. The molecule has 2 fully saturated rings. The summed E-state index contributed by atoms with van der Waals surface area (Å²) in [5.41, 5.74) is 1.01. The monoisotopic (exact) mass is 401 g/mol. The Kier molecular flexibility index (Phi) is 4.51. The number of rotatable bonds is 4. The summed E-state index contributed by atoms with van der Waals surface area (Å²) in [6.45, 7) is 2.27. The van der Waals surface area contributed by atoms with Gasteiger partial charge in [-0.25, -0.2) is 19.3 Å². The first-order valence-electron chi connectivity index (χ1n) is 9.69. The summed E-state index contributed by atoms with van der Waals surface area (Å²) in [5, 5.41) is 16.1. The van der Waals surface area contributed by atoms with Gasteiger partial charge in [0, 0.05) is 31.9 Å². The van der Waals surface area contributed by atoms with Gasteiger partial charge in [-0.3, -0.25) is 4.40 Å². The van der Waals surface area contributed by atoms with Crippen LogP contribution in [-0.2, 0) is 0 Å². The number of hydrogen-bond donors (Lipinski definition) is 3. The van der Waals surface area contributed by atoms with Crippen molar-refractivity contribution in [1.82, 2.24) is 24.7 Å². The maximum absolute atomic E-state index is 15.2. The van der Waals surface area contributed by atoms with E-state index in [0.717, 1.165) is 25.9 Å². The molecule has 0 aromatic carbocycles. The maximum Gasteiger partial charge on any atom is 0.207 e. The van der Waals surface area contributed by atoms with E-state index in [-0.39, 0.29) is 23.5 Å². The molecular formula is C19H21F2N7O. The topological polar surface area (TPSA) is 90.6 Å². The van der Waals surface area contributed by atoms with Gasteiger partial charge < -0.3 is 20.6 Å². The summed E-state index contributed by atoms with van der Waals surface area (Å²) in [7, 11) is 0. The highest BCUT2D eigenvalue weighted by Crippen LogP contribution is 2.30. The number of β-amino-alcohol motifs (C(OH)–C–C–N with tert-alkyl or cyclic N) is 1. The van der Waals surface area contributed by atoms with Crippen LogP contribution >= 0.6 is 0 Å². The van der Waals surface area contributed by atoms with E-state index in [4.69, 9.17) is 0 Å². The molecule has 29 heavy (non-hydrogen) atoms. The average Bonchev–Trinajstić information content (AvgIpc) is 3.11. The van der Waals surface area contributed by atoms with Crippen LogP contribution in [0.5, 0.6) is 0 Å². The molecule has 0 spiro atoms. The van der Waals surface area contributed by atoms with E-state index in [2.05, 4.69) is 25.6 Å².